The molecule has 0 fully saturated rings. The second-order valence-electron chi connectivity index (χ2n) is 10.9. The topological polar surface area (TPSA) is 6.48 Å². The zero-order chi connectivity index (χ0) is 31.3. The smallest absolute Gasteiger partial charge is 0.0476 e. The van der Waals surface area contributed by atoms with Gasteiger partial charge >= 0.3 is 0 Å². The Morgan fingerprint density at radius 2 is 0.696 bits per heavy atom. The maximum Gasteiger partial charge on any atom is 0.0476 e. The lowest BCUT2D eigenvalue weighted by molar-refractivity contribution is 1.28. The summed E-state index contributed by atoms with van der Waals surface area (Å²) < 4.78 is 0. The fourth-order valence-corrected chi connectivity index (χ4v) is 6.24. The first kappa shape index (κ1) is 29.4. The Hall–Kier alpha value is -5.28. The van der Waals surface area contributed by atoms with E-state index in [1.807, 2.05) is 48.5 Å². The highest BCUT2D eigenvalue weighted by atomic mass is 35.5. The second kappa shape index (κ2) is 13.4. The Morgan fingerprint density at radius 1 is 0.283 bits per heavy atom. The van der Waals surface area contributed by atoms with E-state index in [1.165, 1.54) is 0 Å². The molecule has 0 aliphatic carbocycles. The normalized spacial score (nSPS) is 10.8. The maximum absolute atomic E-state index is 6.51. The van der Waals surface area contributed by atoms with Crippen molar-refractivity contribution in [2.75, 3.05) is 9.80 Å². The maximum atomic E-state index is 6.51. The summed E-state index contributed by atoms with van der Waals surface area (Å²) in [4.78, 5) is 4.49. The Bertz CT molecular complexity index is 2080. The molecule has 0 atom stereocenters. The molecule has 0 aliphatic rings. The van der Waals surface area contributed by atoms with Crippen molar-refractivity contribution in [3.63, 3.8) is 0 Å². The van der Waals surface area contributed by atoms with Crippen LogP contribution in [-0.4, -0.2) is 0 Å². The third-order valence-electron chi connectivity index (χ3n) is 7.92. The minimum absolute atomic E-state index is 0.689. The fourth-order valence-electron chi connectivity index (χ4n) is 5.87. The molecule has 46 heavy (non-hydrogen) atoms. The van der Waals surface area contributed by atoms with Gasteiger partial charge in [-0.15, -0.1) is 0 Å². The molecule has 7 aromatic carbocycles. The molecular formula is C42H30Cl2N2. The number of anilines is 6. The van der Waals surface area contributed by atoms with E-state index in [4.69, 9.17) is 23.2 Å². The van der Waals surface area contributed by atoms with E-state index in [9.17, 15) is 0 Å². The van der Waals surface area contributed by atoms with E-state index >= 15 is 0 Å². The highest BCUT2D eigenvalue weighted by Gasteiger charge is 2.18. The van der Waals surface area contributed by atoms with Crippen LogP contribution in [0.15, 0.2) is 182 Å². The first-order valence-electron chi connectivity index (χ1n) is 15.2. The minimum atomic E-state index is 0.689. The quantitative estimate of drug-likeness (QED) is 0.164. The van der Waals surface area contributed by atoms with Gasteiger partial charge in [0.2, 0.25) is 0 Å². The average molecular weight is 634 g/mol. The van der Waals surface area contributed by atoms with Gasteiger partial charge in [0.1, 0.15) is 0 Å². The van der Waals surface area contributed by atoms with Gasteiger partial charge in [0, 0.05) is 44.2 Å². The van der Waals surface area contributed by atoms with Crippen molar-refractivity contribution in [1.82, 2.24) is 0 Å². The third-order valence-corrected chi connectivity index (χ3v) is 8.39. The number of halogens is 2. The minimum Gasteiger partial charge on any atom is -0.310 e. The van der Waals surface area contributed by atoms with Crippen molar-refractivity contribution in [2.24, 2.45) is 0 Å². The molecule has 0 radical (unpaired) electrons. The molecule has 222 valence electrons. The zero-order valence-corrected chi connectivity index (χ0v) is 26.5. The van der Waals surface area contributed by atoms with Crippen molar-refractivity contribution in [3.05, 3.63) is 192 Å². The molecule has 0 heterocycles. The van der Waals surface area contributed by atoms with Crippen LogP contribution in [-0.2, 0) is 0 Å². The Labute approximate surface area is 280 Å². The summed E-state index contributed by atoms with van der Waals surface area (Å²) in [5, 5.41) is 1.38. The lowest BCUT2D eigenvalue weighted by Gasteiger charge is -2.28. The van der Waals surface area contributed by atoms with Crippen LogP contribution in [0.25, 0.3) is 22.3 Å². The number of hydrogen-bond donors (Lipinski definition) is 0. The first-order chi connectivity index (χ1) is 22.6. The fraction of sp³-hybridized carbons (Fsp3) is 0. The van der Waals surface area contributed by atoms with Crippen LogP contribution >= 0.6 is 23.2 Å². The molecule has 2 nitrogen and oxygen atoms in total. The van der Waals surface area contributed by atoms with Crippen molar-refractivity contribution in [3.8, 4) is 22.3 Å². The molecule has 0 unspecified atom stereocenters. The molecule has 0 N–H and O–H groups in total. The predicted octanol–water partition coefficient (Wildman–Crippen LogP) is 13.3. The number of para-hydroxylation sites is 2. The van der Waals surface area contributed by atoms with E-state index in [0.717, 1.165) is 56.4 Å². The van der Waals surface area contributed by atoms with Crippen LogP contribution in [0.3, 0.4) is 0 Å². The molecule has 0 saturated heterocycles. The van der Waals surface area contributed by atoms with Gasteiger partial charge in [-0.2, -0.15) is 0 Å². The molecular weight excluding hydrogens is 603 g/mol. The van der Waals surface area contributed by atoms with Gasteiger partial charge in [-0.05, 0) is 107 Å². The average Bonchev–Trinajstić information content (AvgIpc) is 3.10. The van der Waals surface area contributed by atoms with Crippen molar-refractivity contribution >= 4 is 57.3 Å². The van der Waals surface area contributed by atoms with Gasteiger partial charge in [0.15, 0.2) is 0 Å². The van der Waals surface area contributed by atoms with Gasteiger partial charge < -0.3 is 9.80 Å². The number of nitrogens with zero attached hydrogens (tertiary/aromatic N) is 2. The summed E-state index contributed by atoms with van der Waals surface area (Å²) in [6.45, 7) is 0. The molecule has 4 heteroatoms. The summed E-state index contributed by atoms with van der Waals surface area (Å²) in [6.07, 6.45) is 0. The van der Waals surface area contributed by atoms with Gasteiger partial charge in [-0.25, -0.2) is 0 Å². The third kappa shape index (κ3) is 6.27. The summed E-state index contributed by atoms with van der Waals surface area (Å²) >= 11 is 13.0. The highest BCUT2D eigenvalue weighted by molar-refractivity contribution is 6.31. The zero-order valence-electron chi connectivity index (χ0n) is 25.0. The lowest BCUT2D eigenvalue weighted by Crippen LogP contribution is -2.10. The standard InChI is InChI=1S/C42H30Cl2N2/c43-33-16-11-23-38(28-33)45(35-18-6-2-7-19-35)37-22-10-15-32(27-37)42-30-40(25-26-41(42)31-13-4-1-5-14-31)46(36-20-8-3-9-21-36)39-24-12-17-34(44)29-39/h1-30H. The second-order valence-corrected chi connectivity index (χ2v) is 11.8. The Kier molecular flexibility index (Phi) is 8.56. The molecule has 7 aromatic rings. The summed E-state index contributed by atoms with van der Waals surface area (Å²) in [5.41, 5.74) is 10.7. The van der Waals surface area contributed by atoms with Crippen molar-refractivity contribution in [2.45, 2.75) is 0 Å². The van der Waals surface area contributed by atoms with Crippen molar-refractivity contribution in [1.29, 1.82) is 0 Å². The highest BCUT2D eigenvalue weighted by Crippen LogP contribution is 2.43. The lowest BCUT2D eigenvalue weighted by atomic mass is 9.93. The van der Waals surface area contributed by atoms with E-state index in [2.05, 4.69) is 143 Å². The molecule has 0 saturated carbocycles. The predicted molar refractivity (Wildman–Crippen MR) is 197 cm³/mol. The van der Waals surface area contributed by atoms with Gasteiger partial charge in [0.25, 0.3) is 0 Å². The first-order valence-corrected chi connectivity index (χ1v) is 15.9. The number of hydrogen-bond acceptors (Lipinski definition) is 2. The molecule has 0 amide bonds. The van der Waals surface area contributed by atoms with Crippen molar-refractivity contribution < 1.29 is 0 Å². The van der Waals surface area contributed by atoms with Gasteiger partial charge in [-0.3, -0.25) is 0 Å². The summed E-state index contributed by atoms with van der Waals surface area (Å²) in [5.74, 6) is 0. The van der Waals surface area contributed by atoms with E-state index in [1.54, 1.807) is 0 Å². The van der Waals surface area contributed by atoms with E-state index in [-0.39, 0.29) is 0 Å². The number of benzene rings is 7. The van der Waals surface area contributed by atoms with Crippen LogP contribution in [0, 0.1) is 0 Å². The molecule has 0 bridgehead atoms. The largest absolute Gasteiger partial charge is 0.310 e. The molecule has 0 aromatic heterocycles. The van der Waals surface area contributed by atoms with Gasteiger partial charge in [0.05, 0.1) is 0 Å². The van der Waals surface area contributed by atoms with E-state index < -0.39 is 0 Å². The molecule has 0 spiro atoms. The monoisotopic (exact) mass is 632 g/mol. The number of rotatable bonds is 8. The van der Waals surface area contributed by atoms with Crippen LogP contribution in [0.1, 0.15) is 0 Å². The van der Waals surface area contributed by atoms with Crippen LogP contribution in [0.2, 0.25) is 10.0 Å². The summed E-state index contributed by atoms with van der Waals surface area (Å²) in [6, 6.07) is 62.7. The SMILES string of the molecule is Clc1cccc(N(c2ccccc2)c2cccc(-c3cc(N(c4ccccc4)c4cccc(Cl)c4)ccc3-c3ccccc3)c2)c1. The Morgan fingerprint density at radius 3 is 1.22 bits per heavy atom. The van der Waals surface area contributed by atoms with Gasteiger partial charge in [-0.1, -0.05) is 120 Å². The van der Waals surface area contributed by atoms with E-state index in [0.29, 0.717) is 10.0 Å². The van der Waals surface area contributed by atoms with Crippen LogP contribution < -0.4 is 9.80 Å². The van der Waals surface area contributed by atoms with Crippen LogP contribution in [0.5, 0.6) is 0 Å². The Balaban J connectivity index is 1.43. The van der Waals surface area contributed by atoms with Crippen LogP contribution in [0.4, 0.5) is 34.1 Å². The summed E-state index contributed by atoms with van der Waals surface area (Å²) in [7, 11) is 0. The molecule has 0 aliphatic heterocycles. The molecule has 7 rings (SSSR count).